The summed E-state index contributed by atoms with van der Waals surface area (Å²) in [5.41, 5.74) is 1.73. The molecule has 4 aliphatic rings. The molecule has 7 rings (SSSR count). The molecule has 1 spiro atoms. The second-order valence-corrected chi connectivity index (χ2v) is 17.3. The number of halogens is 2. The molecule has 54 heavy (non-hydrogen) atoms. The molecular weight excluding hydrogens is 743 g/mol. The van der Waals surface area contributed by atoms with E-state index in [1.54, 1.807) is 21.2 Å². The third-order valence-corrected chi connectivity index (χ3v) is 13.1. The van der Waals surface area contributed by atoms with Crippen molar-refractivity contribution in [3.8, 4) is 0 Å². The Morgan fingerprint density at radius 1 is 1.11 bits per heavy atom. The molecule has 0 saturated carbocycles. The summed E-state index contributed by atoms with van der Waals surface area (Å²) in [6.45, 7) is 6.21. The molecule has 2 aromatic carbocycles. The van der Waals surface area contributed by atoms with E-state index in [-0.39, 0.29) is 66.4 Å². The van der Waals surface area contributed by atoms with Crippen molar-refractivity contribution in [2.24, 2.45) is 5.41 Å². The molecule has 14 nitrogen and oxygen atoms in total. The minimum Gasteiger partial charge on any atom is -0.422 e. The second kappa shape index (κ2) is 14.7. The van der Waals surface area contributed by atoms with Gasteiger partial charge in [0.05, 0.1) is 59.8 Å². The van der Waals surface area contributed by atoms with Crippen molar-refractivity contribution in [1.82, 2.24) is 18.8 Å². The number of nitrogens with zero attached hydrogens (tertiary/aromatic N) is 5. The zero-order valence-electron chi connectivity index (χ0n) is 31.2. The van der Waals surface area contributed by atoms with Crippen LogP contribution in [0.15, 0.2) is 27.4 Å². The van der Waals surface area contributed by atoms with E-state index in [0.717, 1.165) is 36.8 Å². The fraction of sp³-hybridized carbons (Fsp3) is 0.541. The van der Waals surface area contributed by atoms with Gasteiger partial charge in [-0.3, -0.25) is 14.5 Å². The Morgan fingerprint density at radius 3 is 2.56 bits per heavy atom. The molecule has 1 unspecified atom stereocenters. The number of amides is 2. The van der Waals surface area contributed by atoms with E-state index in [1.807, 2.05) is 13.0 Å². The van der Waals surface area contributed by atoms with Crippen molar-refractivity contribution in [2.75, 3.05) is 97.1 Å². The van der Waals surface area contributed by atoms with Crippen LogP contribution in [0.25, 0.3) is 11.0 Å². The highest BCUT2D eigenvalue weighted by Gasteiger charge is 2.45. The highest BCUT2D eigenvalue weighted by atomic mass is 35.5. The van der Waals surface area contributed by atoms with E-state index >= 15 is 4.39 Å². The van der Waals surface area contributed by atoms with Gasteiger partial charge in [0.25, 0.3) is 11.8 Å². The lowest BCUT2D eigenvalue weighted by Gasteiger charge is -2.47. The number of nitrogens with one attached hydrogen (secondary N) is 1. The number of likely N-dealkylation sites (N-methyl/N-ethyl adjacent to an activating group) is 1. The monoisotopic (exact) mass is 788 g/mol. The lowest BCUT2D eigenvalue weighted by Crippen LogP contribution is -2.57. The van der Waals surface area contributed by atoms with Gasteiger partial charge in [0.2, 0.25) is 0 Å². The first-order valence-electron chi connectivity index (χ1n) is 18.0. The van der Waals surface area contributed by atoms with E-state index in [9.17, 15) is 22.8 Å². The van der Waals surface area contributed by atoms with Gasteiger partial charge in [-0.2, -0.15) is 12.7 Å². The van der Waals surface area contributed by atoms with Gasteiger partial charge in [-0.25, -0.2) is 13.9 Å². The molecule has 1 aromatic heterocycles. The molecule has 292 valence electrons. The number of hydrogen-bond donors (Lipinski definition) is 1. The summed E-state index contributed by atoms with van der Waals surface area (Å²) in [7, 11) is 2.71. The van der Waals surface area contributed by atoms with Gasteiger partial charge in [0.1, 0.15) is 11.4 Å². The van der Waals surface area contributed by atoms with Crippen molar-refractivity contribution in [2.45, 2.75) is 38.8 Å². The van der Waals surface area contributed by atoms with E-state index in [2.05, 4.69) is 21.6 Å². The molecule has 1 N–H and O–H groups in total. The summed E-state index contributed by atoms with van der Waals surface area (Å²) in [5, 5.41) is 1.05. The standard InChI is InChI=1S/C37H46ClFN6O8S/c1-22-30(43-12-11-42(4)23(16-43)18-51-5)15-28(38)32-24-7-10-44(17-27(24)36(48)53-33(22)32)35(47)25-14-31(41(2)3)26(13-29(25)39)34(46)40-54(49,50)45-9-6-8-37(19-45)20-52-21-37/h13-15,23H,6-12,16-21H2,1-5H3,(H,40,46). The number of fused-ring (bicyclic) bond motifs is 3. The minimum absolute atomic E-state index is 0.139. The van der Waals surface area contributed by atoms with Crippen LogP contribution in [0.4, 0.5) is 15.8 Å². The number of anilines is 2. The van der Waals surface area contributed by atoms with Crippen LogP contribution in [0.5, 0.6) is 0 Å². The fourth-order valence-corrected chi connectivity index (χ4v) is 9.81. The number of piperidine rings is 1. The Labute approximate surface area is 318 Å². The predicted octanol–water partition coefficient (Wildman–Crippen LogP) is 3.01. The molecule has 3 aromatic rings. The smallest absolute Gasteiger partial charge is 0.341 e. The third kappa shape index (κ3) is 6.96. The topological polar surface area (TPSA) is 145 Å². The number of aryl methyl sites for hydroxylation is 1. The Morgan fingerprint density at radius 2 is 1.87 bits per heavy atom. The van der Waals surface area contributed by atoms with Gasteiger partial charge in [-0.1, -0.05) is 11.6 Å². The van der Waals surface area contributed by atoms with Crippen LogP contribution in [0, 0.1) is 18.2 Å². The highest BCUT2D eigenvalue weighted by Crippen LogP contribution is 2.40. The lowest BCUT2D eigenvalue weighted by molar-refractivity contribution is -0.133. The summed E-state index contributed by atoms with van der Waals surface area (Å²) in [6.07, 6.45) is 1.74. The maximum absolute atomic E-state index is 15.8. The molecule has 17 heteroatoms. The summed E-state index contributed by atoms with van der Waals surface area (Å²) >= 11 is 6.94. The summed E-state index contributed by atoms with van der Waals surface area (Å²) in [4.78, 5) is 48.2. The Kier molecular flexibility index (Phi) is 10.5. The first-order chi connectivity index (χ1) is 25.6. The highest BCUT2D eigenvalue weighted by molar-refractivity contribution is 7.87. The molecule has 4 aliphatic heterocycles. The van der Waals surface area contributed by atoms with Crippen LogP contribution >= 0.6 is 11.6 Å². The maximum Gasteiger partial charge on any atom is 0.341 e. The van der Waals surface area contributed by atoms with Crippen LogP contribution in [-0.4, -0.2) is 128 Å². The van der Waals surface area contributed by atoms with Crippen molar-refractivity contribution in [3.63, 3.8) is 0 Å². The predicted molar refractivity (Wildman–Crippen MR) is 202 cm³/mol. The van der Waals surface area contributed by atoms with E-state index in [0.29, 0.717) is 54.3 Å². The molecule has 0 bridgehead atoms. The molecule has 0 radical (unpaired) electrons. The second-order valence-electron chi connectivity index (χ2n) is 15.2. The number of ether oxygens (including phenoxy) is 2. The largest absolute Gasteiger partial charge is 0.422 e. The van der Waals surface area contributed by atoms with E-state index in [4.69, 9.17) is 25.5 Å². The normalized spacial score (nSPS) is 20.5. The van der Waals surface area contributed by atoms with Gasteiger partial charge in [-0.05, 0) is 57.0 Å². The average molecular weight is 789 g/mol. The number of carbonyl (C=O) groups is 2. The summed E-state index contributed by atoms with van der Waals surface area (Å²) in [5.74, 6) is -2.72. The lowest BCUT2D eigenvalue weighted by atomic mass is 9.79. The quantitative estimate of drug-likeness (QED) is 0.337. The zero-order valence-corrected chi connectivity index (χ0v) is 32.7. The summed E-state index contributed by atoms with van der Waals surface area (Å²) < 4.78 is 62.4. The van der Waals surface area contributed by atoms with Crippen molar-refractivity contribution in [3.05, 3.63) is 67.3 Å². The Bertz CT molecular complexity index is 2180. The van der Waals surface area contributed by atoms with Gasteiger partial charge < -0.3 is 28.6 Å². The minimum atomic E-state index is -4.24. The molecule has 1 atom stereocenters. The number of carbonyl (C=O) groups excluding carboxylic acids is 2. The fourth-order valence-electron chi connectivity index (χ4n) is 8.22. The van der Waals surface area contributed by atoms with Crippen LogP contribution in [-0.2, 0) is 32.6 Å². The molecule has 5 heterocycles. The maximum atomic E-state index is 15.8. The number of methoxy groups -OCH3 is 1. The van der Waals surface area contributed by atoms with Crippen molar-refractivity contribution in [1.29, 1.82) is 0 Å². The Hall–Kier alpha value is -3.80. The molecule has 3 saturated heterocycles. The molecule has 0 aliphatic carbocycles. The number of piperazine rings is 1. The van der Waals surface area contributed by atoms with Crippen molar-refractivity contribution >= 4 is 56.0 Å². The number of hydrogen-bond acceptors (Lipinski definition) is 11. The van der Waals surface area contributed by atoms with Crippen molar-refractivity contribution < 1.29 is 36.3 Å². The molecular formula is C37H46ClFN6O8S. The SMILES string of the molecule is COCC1CN(c2cc(Cl)c3c4c(c(=O)oc3c2C)CN(C(=O)c2cc(N(C)C)c(C(=O)NS(=O)(=O)N3CCCC5(COC5)C3)cc2F)CC4)CCN1C. The van der Waals surface area contributed by atoms with Gasteiger partial charge in [-0.15, -0.1) is 0 Å². The third-order valence-electron chi connectivity index (χ3n) is 11.4. The zero-order chi connectivity index (χ0) is 38.7. The van der Waals surface area contributed by atoms with Gasteiger partial charge in [0, 0.05) is 82.5 Å². The number of rotatable bonds is 8. The molecule has 2 amide bonds. The van der Waals surface area contributed by atoms with Gasteiger partial charge in [0.15, 0.2) is 0 Å². The average Bonchev–Trinajstić information content (AvgIpc) is 3.12. The van der Waals surface area contributed by atoms with Crippen LogP contribution < -0.4 is 20.1 Å². The molecule has 3 fully saturated rings. The van der Waals surface area contributed by atoms with Gasteiger partial charge >= 0.3 is 15.8 Å². The van der Waals surface area contributed by atoms with Crippen LogP contribution in [0.1, 0.15) is 50.2 Å². The first-order valence-corrected chi connectivity index (χ1v) is 19.9. The van der Waals surface area contributed by atoms with E-state index in [1.165, 1.54) is 20.2 Å². The number of benzene rings is 2. The first kappa shape index (κ1) is 38.5. The van der Waals surface area contributed by atoms with Crippen LogP contribution in [0.3, 0.4) is 0 Å². The summed E-state index contributed by atoms with van der Waals surface area (Å²) in [6, 6.07) is 4.19. The Balaban J connectivity index is 1.13. The van der Waals surface area contributed by atoms with E-state index < -0.39 is 33.5 Å². The van der Waals surface area contributed by atoms with Crippen LogP contribution in [0.2, 0.25) is 5.02 Å².